The van der Waals surface area contributed by atoms with Crippen molar-refractivity contribution in [2.24, 2.45) is 0 Å². The molecule has 0 fully saturated rings. The van der Waals surface area contributed by atoms with Crippen LogP contribution in [0.5, 0.6) is 0 Å². The number of rotatable bonds is 8. The second kappa shape index (κ2) is 7.38. The summed E-state index contributed by atoms with van der Waals surface area (Å²) in [6.07, 6.45) is 4.78. The number of hydrogen-bond acceptors (Lipinski definition) is 4. The molecule has 0 bridgehead atoms. The molecular formula is C11H21N3O2. The SMILES string of the molecule is CCCn1cncc1CNC(CO)COC. The summed E-state index contributed by atoms with van der Waals surface area (Å²) in [4.78, 5) is 4.12. The highest BCUT2D eigenvalue weighted by Gasteiger charge is 2.07. The van der Waals surface area contributed by atoms with Crippen LogP contribution < -0.4 is 5.32 Å². The van der Waals surface area contributed by atoms with Gasteiger partial charge in [-0.05, 0) is 6.42 Å². The zero-order valence-electron chi connectivity index (χ0n) is 10.0. The quantitative estimate of drug-likeness (QED) is 0.674. The van der Waals surface area contributed by atoms with Crippen LogP contribution in [-0.4, -0.2) is 41.0 Å². The average molecular weight is 227 g/mol. The van der Waals surface area contributed by atoms with E-state index >= 15 is 0 Å². The number of aliphatic hydroxyl groups excluding tert-OH is 1. The van der Waals surface area contributed by atoms with E-state index in [1.165, 1.54) is 0 Å². The lowest BCUT2D eigenvalue weighted by Gasteiger charge is -2.15. The molecule has 1 heterocycles. The molecule has 0 aliphatic rings. The molecule has 0 saturated heterocycles. The Labute approximate surface area is 96.4 Å². The van der Waals surface area contributed by atoms with Crippen molar-refractivity contribution >= 4 is 0 Å². The molecule has 0 saturated carbocycles. The van der Waals surface area contributed by atoms with E-state index in [0.717, 1.165) is 18.7 Å². The highest BCUT2D eigenvalue weighted by atomic mass is 16.5. The largest absolute Gasteiger partial charge is 0.395 e. The lowest BCUT2D eigenvalue weighted by atomic mass is 10.3. The maximum atomic E-state index is 9.09. The Kier molecular flexibility index (Phi) is 6.07. The molecule has 0 aliphatic carbocycles. The van der Waals surface area contributed by atoms with Crippen LogP contribution in [0.2, 0.25) is 0 Å². The predicted octanol–water partition coefficient (Wildman–Crippen LogP) is 0.390. The Hall–Kier alpha value is -0.910. The van der Waals surface area contributed by atoms with Gasteiger partial charge in [-0.15, -0.1) is 0 Å². The molecule has 5 nitrogen and oxygen atoms in total. The van der Waals surface area contributed by atoms with Gasteiger partial charge in [0.05, 0.1) is 31.3 Å². The van der Waals surface area contributed by atoms with E-state index in [4.69, 9.17) is 9.84 Å². The maximum Gasteiger partial charge on any atom is 0.0948 e. The highest BCUT2D eigenvalue weighted by Crippen LogP contribution is 2.01. The number of methoxy groups -OCH3 is 1. The van der Waals surface area contributed by atoms with Crippen molar-refractivity contribution in [2.45, 2.75) is 32.5 Å². The van der Waals surface area contributed by atoms with Gasteiger partial charge in [-0.25, -0.2) is 4.98 Å². The van der Waals surface area contributed by atoms with Crippen LogP contribution in [0.25, 0.3) is 0 Å². The third-order valence-electron chi connectivity index (χ3n) is 2.42. The lowest BCUT2D eigenvalue weighted by Crippen LogP contribution is -2.36. The van der Waals surface area contributed by atoms with Crippen molar-refractivity contribution in [3.05, 3.63) is 18.2 Å². The minimum absolute atomic E-state index is 0.0185. The molecule has 2 N–H and O–H groups in total. The van der Waals surface area contributed by atoms with Gasteiger partial charge < -0.3 is 19.7 Å². The molecule has 0 spiro atoms. The Morgan fingerprint density at radius 2 is 2.44 bits per heavy atom. The molecule has 0 aromatic carbocycles. The van der Waals surface area contributed by atoms with E-state index in [2.05, 4.69) is 21.8 Å². The first kappa shape index (κ1) is 13.2. The van der Waals surface area contributed by atoms with Crippen LogP contribution >= 0.6 is 0 Å². The van der Waals surface area contributed by atoms with Crippen LogP contribution in [0.1, 0.15) is 19.0 Å². The number of aliphatic hydroxyl groups is 1. The first-order chi connectivity index (χ1) is 7.81. The molecule has 5 heteroatoms. The van der Waals surface area contributed by atoms with Gasteiger partial charge in [0.1, 0.15) is 0 Å². The van der Waals surface area contributed by atoms with Crippen molar-refractivity contribution in [1.29, 1.82) is 0 Å². The Bertz CT molecular complexity index is 289. The van der Waals surface area contributed by atoms with E-state index in [0.29, 0.717) is 13.2 Å². The minimum Gasteiger partial charge on any atom is -0.395 e. The first-order valence-electron chi connectivity index (χ1n) is 5.64. The van der Waals surface area contributed by atoms with E-state index in [1.807, 2.05) is 12.5 Å². The van der Waals surface area contributed by atoms with Gasteiger partial charge in [0.15, 0.2) is 0 Å². The lowest BCUT2D eigenvalue weighted by molar-refractivity contribution is 0.127. The van der Waals surface area contributed by atoms with E-state index in [-0.39, 0.29) is 12.6 Å². The Morgan fingerprint density at radius 3 is 3.06 bits per heavy atom. The van der Waals surface area contributed by atoms with Crippen molar-refractivity contribution in [3.8, 4) is 0 Å². The fourth-order valence-electron chi connectivity index (χ4n) is 1.56. The number of imidazole rings is 1. The van der Waals surface area contributed by atoms with E-state index in [1.54, 1.807) is 7.11 Å². The molecule has 0 aliphatic heterocycles. The molecule has 0 radical (unpaired) electrons. The normalized spacial score (nSPS) is 12.9. The molecule has 1 rings (SSSR count). The van der Waals surface area contributed by atoms with Crippen LogP contribution in [0, 0.1) is 0 Å². The number of ether oxygens (including phenoxy) is 1. The fraction of sp³-hybridized carbons (Fsp3) is 0.727. The standard InChI is InChI=1S/C11H21N3O2/c1-3-4-14-9-12-5-11(14)6-13-10(7-15)8-16-2/h5,9-10,13,15H,3-4,6-8H2,1-2H3. The molecular weight excluding hydrogens is 206 g/mol. The number of aromatic nitrogens is 2. The summed E-state index contributed by atoms with van der Waals surface area (Å²) in [6, 6.07) is -0.0185. The van der Waals surface area contributed by atoms with Crippen molar-refractivity contribution in [3.63, 3.8) is 0 Å². The predicted molar refractivity (Wildman–Crippen MR) is 62.1 cm³/mol. The van der Waals surface area contributed by atoms with Gasteiger partial charge in [-0.3, -0.25) is 0 Å². The monoisotopic (exact) mass is 227 g/mol. The smallest absolute Gasteiger partial charge is 0.0948 e. The maximum absolute atomic E-state index is 9.09. The molecule has 1 atom stereocenters. The summed E-state index contributed by atoms with van der Waals surface area (Å²) < 4.78 is 7.12. The van der Waals surface area contributed by atoms with E-state index < -0.39 is 0 Å². The van der Waals surface area contributed by atoms with Gasteiger partial charge in [-0.2, -0.15) is 0 Å². The zero-order valence-corrected chi connectivity index (χ0v) is 10.0. The number of nitrogens with zero attached hydrogens (tertiary/aromatic N) is 2. The summed E-state index contributed by atoms with van der Waals surface area (Å²) in [5, 5.41) is 12.3. The van der Waals surface area contributed by atoms with Crippen LogP contribution in [0.3, 0.4) is 0 Å². The topological polar surface area (TPSA) is 59.3 Å². The van der Waals surface area contributed by atoms with Crippen molar-refractivity contribution < 1.29 is 9.84 Å². The first-order valence-corrected chi connectivity index (χ1v) is 5.64. The summed E-state index contributed by atoms with van der Waals surface area (Å²) in [7, 11) is 1.63. The summed E-state index contributed by atoms with van der Waals surface area (Å²) in [6.45, 7) is 4.41. The van der Waals surface area contributed by atoms with Crippen LogP contribution in [0.15, 0.2) is 12.5 Å². The van der Waals surface area contributed by atoms with Gasteiger partial charge in [0, 0.05) is 26.4 Å². The minimum atomic E-state index is -0.0185. The van der Waals surface area contributed by atoms with Gasteiger partial charge in [0.25, 0.3) is 0 Å². The fourth-order valence-corrected chi connectivity index (χ4v) is 1.56. The summed E-state index contributed by atoms with van der Waals surface area (Å²) in [5.41, 5.74) is 1.14. The van der Waals surface area contributed by atoms with E-state index in [9.17, 15) is 0 Å². The number of aryl methyl sites for hydroxylation is 1. The second-order valence-corrected chi connectivity index (χ2v) is 3.79. The molecule has 1 unspecified atom stereocenters. The van der Waals surface area contributed by atoms with Gasteiger partial charge in [0.2, 0.25) is 0 Å². The van der Waals surface area contributed by atoms with Gasteiger partial charge >= 0.3 is 0 Å². The second-order valence-electron chi connectivity index (χ2n) is 3.79. The summed E-state index contributed by atoms with van der Waals surface area (Å²) >= 11 is 0. The molecule has 0 amide bonds. The molecule has 1 aromatic heterocycles. The van der Waals surface area contributed by atoms with Gasteiger partial charge in [-0.1, -0.05) is 6.92 Å². The zero-order chi connectivity index (χ0) is 11.8. The molecule has 92 valence electrons. The van der Waals surface area contributed by atoms with Crippen LogP contribution in [0.4, 0.5) is 0 Å². The highest BCUT2D eigenvalue weighted by molar-refractivity contribution is 4.98. The average Bonchev–Trinajstić information content (AvgIpc) is 2.72. The Morgan fingerprint density at radius 1 is 1.62 bits per heavy atom. The number of hydrogen-bond donors (Lipinski definition) is 2. The van der Waals surface area contributed by atoms with Crippen molar-refractivity contribution in [2.75, 3.05) is 20.3 Å². The molecule has 16 heavy (non-hydrogen) atoms. The number of nitrogens with one attached hydrogen (secondary N) is 1. The Balaban J connectivity index is 2.43. The van der Waals surface area contributed by atoms with Crippen molar-refractivity contribution in [1.82, 2.24) is 14.9 Å². The summed E-state index contributed by atoms with van der Waals surface area (Å²) in [5.74, 6) is 0. The third-order valence-corrected chi connectivity index (χ3v) is 2.42. The van der Waals surface area contributed by atoms with Crippen LogP contribution in [-0.2, 0) is 17.8 Å². The molecule has 1 aromatic rings. The third kappa shape index (κ3) is 3.92.